The number of para-hydroxylation sites is 1. The van der Waals surface area contributed by atoms with Crippen LogP contribution in [-0.2, 0) is 16.6 Å². The number of urea groups is 1. The van der Waals surface area contributed by atoms with Crippen LogP contribution in [0.4, 0.5) is 16.2 Å². The van der Waals surface area contributed by atoms with Crippen molar-refractivity contribution in [3.8, 4) is 0 Å². The molecule has 3 aromatic rings. The van der Waals surface area contributed by atoms with E-state index in [1.807, 2.05) is 6.07 Å². The van der Waals surface area contributed by atoms with Crippen molar-refractivity contribution in [2.75, 3.05) is 9.21 Å². The fraction of sp³-hybridized carbons (Fsp3) is 0.0500. The van der Waals surface area contributed by atoms with E-state index in [2.05, 4.69) is 0 Å². The Morgan fingerprint density at radius 3 is 2.32 bits per heavy atom. The molecule has 1 aliphatic rings. The molecule has 3 aromatic carbocycles. The second-order valence-electron chi connectivity index (χ2n) is 6.18. The summed E-state index contributed by atoms with van der Waals surface area (Å²) in [7, 11) is -4.09. The number of anilines is 2. The molecule has 0 aliphatic carbocycles. The monoisotopic (exact) mass is 432 g/mol. The Hall–Kier alpha value is -2.54. The van der Waals surface area contributed by atoms with Gasteiger partial charge in [-0.3, -0.25) is 4.90 Å². The highest BCUT2D eigenvalue weighted by atomic mass is 35.5. The first-order chi connectivity index (χ1) is 13.4. The van der Waals surface area contributed by atoms with Crippen molar-refractivity contribution < 1.29 is 13.2 Å². The first-order valence-corrected chi connectivity index (χ1v) is 10.5. The molecular weight excluding hydrogens is 419 g/mol. The summed E-state index contributed by atoms with van der Waals surface area (Å²) in [5, 5.41) is 0.826. The van der Waals surface area contributed by atoms with Gasteiger partial charge in [-0.2, -0.15) is 4.31 Å². The molecular formula is C20H14Cl2N2O3S. The summed E-state index contributed by atoms with van der Waals surface area (Å²) in [5.74, 6) is 0. The number of nitrogens with zero attached hydrogens (tertiary/aromatic N) is 2. The molecule has 0 atom stereocenters. The van der Waals surface area contributed by atoms with Gasteiger partial charge in [0.2, 0.25) is 0 Å². The van der Waals surface area contributed by atoms with E-state index in [1.165, 1.54) is 23.1 Å². The lowest BCUT2D eigenvalue weighted by atomic mass is 10.2. The second-order valence-corrected chi connectivity index (χ2v) is 8.78. The molecule has 5 nitrogen and oxygen atoms in total. The molecule has 8 heteroatoms. The van der Waals surface area contributed by atoms with Gasteiger partial charge in [0.15, 0.2) is 0 Å². The molecule has 4 rings (SSSR count). The first-order valence-electron chi connectivity index (χ1n) is 8.34. The lowest BCUT2D eigenvalue weighted by Gasteiger charge is -2.36. The number of hydrogen-bond donors (Lipinski definition) is 0. The number of amides is 2. The van der Waals surface area contributed by atoms with E-state index in [-0.39, 0.29) is 17.1 Å². The highest BCUT2D eigenvalue weighted by Crippen LogP contribution is 2.38. The van der Waals surface area contributed by atoms with Crippen LogP contribution >= 0.6 is 23.2 Å². The molecule has 1 aliphatic heterocycles. The maximum absolute atomic E-state index is 13.3. The number of benzene rings is 3. The van der Waals surface area contributed by atoms with Crippen LogP contribution in [0.2, 0.25) is 10.0 Å². The van der Waals surface area contributed by atoms with Crippen molar-refractivity contribution >= 4 is 50.6 Å². The lowest BCUT2D eigenvalue weighted by Crippen LogP contribution is -2.50. The van der Waals surface area contributed by atoms with Gasteiger partial charge < -0.3 is 0 Å². The Kier molecular flexibility index (Phi) is 4.79. The van der Waals surface area contributed by atoms with Crippen LogP contribution < -0.4 is 9.21 Å². The average Bonchev–Trinajstić information content (AvgIpc) is 2.66. The molecule has 0 aromatic heterocycles. The van der Waals surface area contributed by atoms with Gasteiger partial charge in [-0.25, -0.2) is 13.2 Å². The summed E-state index contributed by atoms with van der Waals surface area (Å²) in [6.07, 6.45) is 0. The van der Waals surface area contributed by atoms with E-state index in [4.69, 9.17) is 23.2 Å². The number of halogens is 2. The standard InChI is InChI=1S/C20H14Cl2N2O3S/c21-15-7-5-8-16(12-15)24-20(25)23(13-14-6-1-2-9-17(14)22)18-10-3-4-11-19(18)28(24,26)27/h1-12H,13H2. The largest absolute Gasteiger partial charge is 0.343 e. The summed E-state index contributed by atoms with van der Waals surface area (Å²) in [5.41, 5.74) is 1.19. The highest BCUT2D eigenvalue weighted by molar-refractivity contribution is 7.94. The van der Waals surface area contributed by atoms with E-state index in [9.17, 15) is 13.2 Å². The number of hydrogen-bond acceptors (Lipinski definition) is 3. The van der Waals surface area contributed by atoms with Crippen LogP contribution in [0.25, 0.3) is 0 Å². The van der Waals surface area contributed by atoms with Gasteiger partial charge in [0.1, 0.15) is 4.90 Å². The summed E-state index contributed by atoms with van der Waals surface area (Å²) in [4.78, 5) is 14.8. The van der Waals surface area contributed by atoms with E-state index in [0.717, 1.165) is 4.31 Å². The van der Waals surface area contributed by atoms with Crippen molar-refractivity contribution in [3.05, 3.63) is 88.4 Å². The zero-order valence-corrected chi connectivity index (χ0v) is 16.7. The third-order valence-corrected chi connectivity index (χ3v) is 6.76. The Morgan fingerprint density at radius 1 is 0.857 bits per heavy atom. The number of rotatable bonds is 3. The molecule has 0 N–H and O–H groups in total. The van der Waals surface area contributed by atoms with E-state index < -0.39 is 16.1 Å². The maximum atomic E-state index is 13.3. The zero-order valence-electron chi connectivity index (χ0n) is 14.4. The minimum Gasteiger partial charge on any atom is -0.287 e. The van der Waals surface area contributed by atoms with E-state index in [0.29, 0.717) is 21.3 Å². The van der Waals surface area contributed by atoms with Gasteiger partial charge in [-0.1, -0.05) is 59.6 Å². The predicted octanol–water partition coefficient (Wildman–Crippen LogP) is 5.33. The maximum Gasteiger partial charge on any atom is 0.343 e. The fourth-order valence-electron chi connectivity index (χ4n) is 3.11. The molecule has 0 radical (unpaired) electrons. The van der Waals surface area contributed by atoms with E-state index in [1.54, 1.807) is 48.5 Å². The Balaban J connectivity index is 1.89. The summed E-state index contributed by atoms with van der Waals surface area (Å²) >= 11 is 12.3. The smallest absolute Gasteiger partial charge is 0.287 e. The predicted molar refractivity (Wildman–Crippen MR) is 111 cm³/mol. The first kappa shape index (κ1) is 18.8. The number of carbonyl (C=O) groups is 1. The van der Waals surface area contributed by atoms with Gasteiger partial charge >= 0.3 is 6.03 Å². The summed E-state index contributed by atoms with van der Waals surface area (Å²) in [6, 6.07) is 19.0. The molecule has 0 spiro atoms. The molecule has 0 bridgehead atoms. The quantitative estimate of drug-likeness (QED) is 0.561. The summed E-state index contributed by atoms with van der Waals surface area (Å²) < 4.78 is 27.2. The van der Waals surface area contributed by atoms with E-state index >= 15 is 0 Å². The molecule has 2 amide bonds. The third-order valence-electron chi connectivity index (χ3n) is 4.41. The average molecular weight is 433 g/mol. The topological polar surface area (TPSA) is 57.7 Å². The zero-order chi connectivity index (χ0) is 19.9. The number of carbonyl (C=O) groups excluding carboxylic acids is 1. The molecule has 28 heavy (non-hydrogen) atoms. The van der Waals surface area contributed by atoms with Crippen molar-refractivity contribution in [2.45, 2.75) is 11.4 Å². The highest BCUT2D eigenvalue weighted by Gasteiger charge is 2.42. The van der Waals surface area contributed by atoms with Crippen LogP contribution in [0.15, 0.2) is 77.7 Å². The lowest BCUT2D eigenvalue weighted by molar-refractivity contribution is 0.253. The minimum absolute atomic E-state index is 0.0432. The molecule has 0 saturated heterocycles. The van der Waals surface area contributed by atoms with Gasteiger partial charge in [0.05, 0.1) is 17.9 Å². The number of fused-ring (bicyclic) bond motifs is 1. The Bertz CT molecular complexity index is 1180. The number of sulfonamides is 1. The molecule has 0 fully saturated rings. The van der Waals surface area contributed by atoms with Crippen LogP contribution in [0.3, 0.4) is 0 Å². The fourth-order valence-corrected chi connectivity index (χ4v) is 5.08. The van der Waals surface area contributed by atoms with Crippen molar-refractivity contribution in [1.29, 1.82) is 0 Å². The van der Waals surface area contributed by atoms with Crippen LogP contribution in [0, 0.1) is 0 Å². The van der Waals surface area contributed by atoms with Crippen molar-refractivity contribution in [3.63, 3.8) is 0 Å². The molecule has 1 heterocycles. The third kappa shape index (κ3) is 3.13. The van der Waals surface area contributed by atoms with Crippen LogP contribution in [0.5, 0.6) is 0 Å². The van der Waals surface area contributed by atoms with Crippen LogP contribution in [-0.4, -0.2) is 14.4 Å². The van der Waals surface area contributed by atoms with Gasteiger partial charge in [0.25, 0.3) is 10.0 Å². The molecule has 0 unspecified atom stereocenters. The van der Waals surface area contributed by atoms with Gasteiger partial charge in [-0.15, -0.1) is 0 Å². The van der Waals surface area contributed by atoms with Crippen molar-refractivity contribution in [1.82, 2.24) is 0 Å². The molecule has 142 valence electrons. The van der Waals surface area contributed by atoms with Gasteiger partial charge in [0, 0.05) is 10.0 Å². The SMILES string of the molecule is O=C1N(Cc2ccccc2Cl)c2ccccc2S(=O)(=O)N1c1cccc(Cl)c1. The summed E-state index contributed by atoms with van der Waals surface area (Å²) in [6.45, 7) is 0.127. The van der Waals surface area contributed by atoms with Gasteiger partial charge in [-0.05, 0) is 42.0 Å². The minimum atomic E-state index is -4.09. The second kappa shape index (κ2) is 7.13. The van der Waals surface area contributed by atoms with Crippen molar-refractivity contribution in [2.24, 2.45) is 0 Å². The van der Waals surface area contributed by atoms with Crippen LogP contribution in [0.1, 0.15) is 5.56 Å². The normalized spacial score (nSPS) is 15.4. The Labute approximate surface area is 172 Å². The Morgan fingerprint density at radius 2 is 1.57 bits per heavy atom. The molecule has 0 saturated carbocycles.